The molecule has 0 aliphatic carbocycles. The largest absolute Gasteiger partial charge is 0.453 e. The maximum Gasteiger partial charge on any atom is 0.407 e. The standard InChI is InChI=1S/C42H54N8O6/c1-23(2)35(47-41(53)55-7)39(51)49-25(5)9-19-33(49)37-43-21-31(45-37)29-15-11-27(12-16-29)28-13-17-30(18-14-28)32-22-44-38(46-32)34-20-10-26(6)50(34)40(52)36(24(3)4)48-42(54)56-8/h11-18,21-26,33-36H,9-10,19-20H2,1-8H3,(H,43,45)(H,44,46)(H,47,53)(H,48,54)/t25-,26?,33-,34-,35-,36-/m0/s1. The minimum Gasteiger partial charge on any atom is -0.453 e. The maximum atomic E-state index is 13.7. The Morgan fingerprint density at radius 1 is 0.607 bits per heavy atom. The van der Waals surface area contributed by atoms with Gasteiger partial charge in [-0.15, -0.1) is 0 Å². The predicted octanol–water partition coefficient (Wildman–Crippen LogP) is 7.00. The lowest BCUT2D eigenvalue weighted by molar-refractivity contribution is -0.138. The summed E-state index contributed by atoms with van der Waals surface area (Å²) in [4.78, 5) is 71.5. The number of rotatable bonds is 11. The molecule has 0 saturated carbocycles. The molecule has 14 heteroatoms. The molecule has 0 spiro atoms. The van der Waals surface area contributed by atoms with Gasteiger partial charge in [-0.05, 0) is 73.6 Å². The summed E-state index contributed by atoms with van der Waals surface area (Å²) in [5.41, 5.74) is 5.76. The van der Waals surface area contributed by atoms with E-state index in [4.69, 9.17) is 19.4 Å². The highest BCUT2D eigenvalue weighted by Crippen LogP contribution is 2.38. The number of carbonyl (C=O) groups is 4. The molecule has 4 N–H and O–H groups in total. The first-order valence-corrected chi connectivity index (χ1v) is 19.5. The number of H-pyrrole nitrogens is 2. The first-order valence-electron chi connectivity index (χ1n) is 19.5. The molecule has 2 aliphatic rings. The molecule has 2 aromatic carbocycles. The van der Waals surface area contributed by atoms with E-state index < -0.39 is 24.3 Å². The number of imidazole rings is 2. The fraction of sp³-hybridized carbons (Fsp3) is 0.476. The highest BCUT2D eigenvalue weighted by Gasteiger charge is 2.42. The van der Waals surface area contributed by atoms with Crippen molar-refractivity contribution >= 4 is 24.0 Å². The highest BCUT2D eigenvalue weighted by molar-refractivity contribution is 5.87. The zero-order valence-electron chi connectivity index (χ0n) is 33.5. The zero-order valence-corrected chi connectivity index (χ0v) is 33.5. The van der Waals surface area contributed by atoms with Crippen LogP contribution in [0.1, 0.15) is 91.0 Å². The molecule has 56 heavy (non-hydrogen) atoms. The van der Waals surface area contributed by atoms with Crippen LogP contribution in [0.4, 0.5) is 9.59 Å². The SMILES string of the molecule is COC(=O)N[C@H](C(=O)N1C(C)CC[C@H]1c1ncc(-c2ccc(-c3ccc(-c4cnc([C@@H]5CC[C@H](C)N5C(=O)[C@@H](NC(=O)OC)C(C)C)[nH]4)cc3)cc2)[nH]1)C(C)C. The summed E-state index contributed by atoms with van der Waals surface area (Å²) in [5, 5.41) is 5.43. The van der Waals surface area contributed by atoms with Crippen molar-refractivity contribution in [3.05, 3.63) is 72.6 Å². The molecule has 2 aromatic heterocycles. The minimum absolute atomic E-state index is 0.000678. The van der Waals surface area contributed by atoms with Crippen molar-refractivity contribution in [2.45, 2.75) is 103 Å². The van der Waals surface area contributed by atoms with Crippen LogP contribution < -0.4 is 10.6 Å². The van der Waals surface area contributed by atoms with Gasteiger partial charge < -0.3 is 39.9 Å². The molecule has 0 radical (unpaired) electrons. The number of carbonyl (C=O) groups excluding carboxylic acids is 4. The van der Waals surface area contributed by atoms with Crippen molar-refractivity contribution < 1.29 is 28.7 Å². The van der Waals surface area contributed by atoms with Gasteiger partial charge in [-0.3, -0.25) is 9.59 Å². The van der Waals surface area contributed by atoms with Crippen molar-refractivity contribution in [1.29, 1.82) is 0 Å². The molecule has 0 bridgehead atoms. The van der Waals surface area contributed by atoms with Crippen LogP contribution in [-0.2, 0) is 19.1 Å². The molecule has 2 saturated heterocycles. The molecule has 1 unspecified atom stereocenters. The molecular weight excluding hydrogens is 713 g/mol. The lowest BCUT2D eigenvalue weighted by Gasteiger charge is -2.32. The van der Waals surface area contributed by atoms with E-state index in [9.17, 15) is 19.2 Å². The molecule has 4 aromatic rings. The van der Waals surface area contributed by atoms with Gasteiger partial charge in [0, 0.05) is 12.1 Å². The van der Waals surface area contributed by atoms with Gasteiger partial charge in [-0.1, -0.05) is 76.2 Å². The van der Waals surface area contributed by atoms with E-state index in [0.717, 1.165) is 71.0 Å². The summed E-state index contributed by atoms with van der Waals surface area (Å²) < 4.78 is 9.56. The predicted molar refractivity (Wildman–Crippen MR) is 212 cm³/mol. The van der Waals surface area contributed by atoms with Gasteiger partial charge in [0.15, 0.2) is 0 Å². The van der Waals surface area contributed by atoms with Gasteiger partial charge in [0.25, 0.3) is 0 Å². The first-order chi connectivity index (χ1) is 26.8. The van der Waals surface area contributed by atoms with Crippen LogP contribution in [0.3, 0.4) is 0 Å². The van der Waals surface area contributed by atoms with Crippen LogP contribution in [0.15, 0.2) is 60.9 Å². The van der Waals surface area contributed by atoms with Crippen molar-refractivity contribution in [3.8, 4) is 33.6 Å². The highest BCUT2D eigenvalue weighted by atomic mass is 16.5. The Morgan fingerprint density at radius 3 is 1.27 bits per heavy atom. The molecule has 4 heterocycles. The van der Waals surface area contributed by atoms with E-state index in [1.165, 1.54) is 14.2 Å². The number of amides is 4. The van der Waals surface area contributed by atoms with E-state index in [0.29, 0.717) is 0 Å². The number of aromatic nitrogens is 4. The number of aromatic amines is 2. The quantitative estimate of drug-likeness (QED) is 0.126. The topological polar surface area (TPSA) is 175 Å². The fourth-order valence-electron chi connectivity index (χ4n) is 7.96. The maximum absolute atomic E-state index is 13.7. The summed E-state index contributed by atoms with van der Waals surface area (Å²) in [6.45, 7) is 11.7. The Labute approximate surface area is 328 Å². The number of hydrogen-bond acceptors (Lipinski definition) is 8. The van der Waals surface area contributed by atoms with Crippen molar-refractivity contribution in [2.75, 3.05) is 14.2 Å². The molecule has 6 atom stereocenters. The number of benzene rings is 2. The Kier molecular flexibility index (Phi) is 12.2. The smallest absolute Gasteiger partial charge is 0.407 e. The van der Waals surface area contributed by atoms with Crippen LogP contribution >= 0.6 is 0 Å². The Hall–Kier alpha value is -5.66. The molecule has 14 nitrogen and oxygen atoms in total. The summed E-state index contributed by atoms with van der Waals surface area (Å²) in [5.74, 6) is 0.918. The van der Waals surface area contributed by atoms with Gasteiger partial charge in [0.1, 0.15) is 23.7 Å². The second kappa shape index (κ2) is 17.0. The van der Waals surface area contributed by atoms with E-state index in [2.05, 4.69) is 69.1 Å². The van der Waals surface area contributed by atoms with Gasteiger partial charge >= 0.3 is 12.2 Å². The third-order valence-corrected chi connectivity index (χ3v) is 11.2. The first kappa shape index (κ1) is 40.0. The van der Waals surface area contributed by atoms with Gasteiger partial charge in [-0.25, -0.2) is 19.6 Å². The summed E-state index contributed by atoms with van der Waals surface area (Å²) >= 11 is 0. The number of likely N-dealkylation sites (tertiary alicyclic amines) is 2. The third kappa shape index (κ3) is 8.29. The monoisotopic (exact) mass is 766 g/mol. The number of methoxy groups -OCH3 is 2. The van der Waals surface area contributed by atoms with Crippen LogP contribution in [0.25, 0.3) is 33.6 Å². The summed E-state index contributed by atoms with van der Waals surface area (Å²) in [6, 6.07) is 14.6. The lowest BCUT2D eigenvalue weighted by atomic mass is 10.0. The summed E-state index contributed by atoms with van der Waals surface area (Å²) in [6.07, 6.45) is 5.56. The molecule has 2 aliphatic heterocycles. The van der Waals surface area contributed by atoms with Crippen molar-refractivity contribution in [2.24, 2.45) is 11.8 Å². The molecular formula is C42H54N8O6. The van der Waals surface area contributed by atoms with Gasteiger partial charge in [-0.2, -0.15) is 0 Å². The lowest BCUT2D eigenvalue weighted by Crippen LogP contribution is -2.52. The molecule has 6 rings (SSSR count). The molecule has 2 fully saturated rings. The van der Waals surface area contributed by atoms with E-state index in [1.807, 2.05) is 51.3 Å². The van der Waals surface area contributed by atoms with Crippen LogP contribution in [0.2, 0.25) is 0 Å². The van der Waals surface area contributed by atoms with Crippen LogP contribution in [0.5, 0.6) is 0 Å². The second-order valence-corrected chi connectivity index (χ2v) is 15.6. The normalized spacial score (nSPS) is 20.6. The van der Waals surface area contributed by atoms with Crippen LogP contribution in [-0.4, -0.2) is 92.1 Å². The number of alkyl carbamates (subject to hydrolysis) is 2. The number of nitrogens with one attached hydrogen (secondary N) is 4. The number of ether oxygens (including phenoxy) is 2. The Morgan fingerprint density at radius 2 is 0.946 bits per heavy atom. The minimum atomic E-state index is -0.704. The van der Waals surface area contributed by atoms with Gasteiger partial charge in [0.2, 0.25) is 11.8 Å². The number of nitrogens with zero attached hydrogens (tertiary/aromatic N) is 4. The molecule has 298 valence electrons. The van der Waals surface area contributed by atoms with Gasteiger partial charge in [0.05, 0.1) is 50.1 Å². The average Bonchev–Trinajstić information content (AvgIpc) is 4.02. The van der Waals surface area contributed by atoms with E-state index in [1.54, 1.807) is 12.4 Å². The zero-order chi connectivity index (χ0) is 40.3. The summed E-state index contributed by atoms with van der Waals surface area (Å²) in [7, 11) is 2.58. The Bertz CT molecular complexity index is 1860. The fourth-order valence-corrected chi connectivity index (χ4v) is 7.96. The number of hydrogen-bond donors (Lipinski definition) is 4. The van der Waals surface area contributed by atoms with E-state index >= 15 is 0 Å². The second-order valence-electron chi connectivity index (χ2n) is 15.6. The third-order valence-electron chi connectivity index (χ3n) is 11.2. The van der Waals surface area contributed by atoms with E-state index in [-0.39, 0.29) is 47.8 Å². The molecule has 4 amide bonds. The van der Waals surface area contributed by atoms with Crippen molar-refractivity contribution in [1.82, 2.24) is 40.4 Å². The van der Waals surface area contributed by atoms with Crippen LogP contribution in [0, 0.1) is 11.8 Å². The average molecular weight is 767 g/mol. The van der Waals surface area contributed by atoms with Crippen molar-refractivity contribution in [3.63, 3.8) is 0 Å². The Balaban J connectivity index is 1.13.